The first-order valence-corrected chi connectivity index (χ1v) is 5.81. The molecule has 1 aliphatic rings. The fraction of sp³-hybridized carbons (Fsp3) is 0.462. The highest BCUT2D eigenvalue weighted by Crippen LogP contribution is 2.35. The third kappa shape index (κ3) is 2.46. The Morgan fingerprint density at radius 3 is 2.94 bits per heavy atom. The standard InChI is InChI=1S/C13H15FO4/c1-17-11-5-4-8(7-10(11)14)12-9(13(15)16)3-2-6-18-12/h4-5,7,9,12H,2-3,6H2,1H3,(H,15,16). The lowest BCUT2D eigenvalue weighted by Crippen LogP contribution is -2.28. The topological polar surface area (TPSA) is 55.8 Å². The van der Waals surface area contributed by atoms with Crippen LogP contribution < -0.4 is 4.74 Å². The van der Waals surface area contributed by atoms with Gasteiger partial charge in [0.15, 0.2) is 11.6 Å². The summed E-state index contributed by atoms with van der Waals surface area (Å²) < 4.78 is 23.9. The normalized spacial score (nSPS) is 23.7. The van der Waals surface area contributed by atoms with Gasteiger partial charge in [-0.1, -0.05) is 6.07 Å². The van der Waals surface area contributed by atoms with E-state index in [2.05, 4.69) is 0 Å². The number of ether oxygens (including phenoxy) is 2. The zero-order chi connectivity index (χ0) is 13.1. The minimum Gasteiger partial charge on any atom is -0.494 e. The van der Waals surface area contributed by atoms with Gasteiger partial charge >= 0.3 is 5.97 Å². The lowest BCUT2D eigenvalue weighted by atomic mass is 9.89. The van der Waals surface area contributed by atoms with Gasteiger partial charge < -0.3 is 14.6 Å². The quantitative estimate of drug-likeness (QED) is 0.899. The van der Waals surface area contributed by atoms with Gasteiger partial charge in [0, 0.05) is 6.61 Å². The molecule has 2 rings (SSSR count). The maximum atomic E-state index is 13.6. The number of hydrogen-bond acceptors (Lipinski definition) is 3. The molecule has 0 radical (unpaired) electrons. The van der Waals surface area contributed by atoms with Gasteiger partial charge in [-0.25, -0.2) is 4.39 Å². The van der Waals surface area contributed by atoms with E-state index in [1.54, 1.807) is 6.07 Å². The number of carboxylic acids is 1. The predicted molar refractivity (Wildman–Crippen MR) is 62.0 cm³/mol. The van der Waals surface area contributed by atoms with Gasteiger partial charge in [0.1, 0.15) is 0 Å². The molecule has 1 fully saturated rings. The van der Waals surface area contributed by atoms with Crippen LogP contribution in [0.5, 0.6) is 5.75 Å². The highest BCUT2D eigenvalue weighted by atomic mass is 19.1. The van der Waals surface area contributed by atoms with E-state index < -0.39 is 23.8 Å². The summed E-state index contributed by atoms with van der Waals surface area (Å²) in [7, 11) is 1.38. The summed E-state index contributed by atoms with van der Waals surface area (Å²) in [5.74, 6) is -1.89. The summed E-state index contributed by atoms with van der Waals surface area (Å²) in [6.07, 6.45) is 0.677. The smallest absolute Gasteiger partial charge is 0.309 e. The van der Waals surface area contributed by atoms with Gasteiger partial charge in [-0.2, -0.15) is 0 Å². The maximum absolute atomic E-state index is 13.6. The Kier molecular flexibility index (Phi) is 3.81. The van der Waals surface area contributed by atoms with E-state index in [9.17, 15) is 9.18 Å². The molecule has 0 bridgehead atoms. The van der Waals surface area contributed by atoms with Gasteiger partial charge in [-0.15, -0.1) is 0 Å². The molecule has 18 heavy (non-hydrogen) atoms. The Balaban J connectivity index is 2.28. The van der Waals surface area contributed by atoms with Crippen molar-refractivity contribution in [2.24, 2.45) is 5.92 Å². The van der Waals surface area contributed by atoms with Gasteiger partial charge in [0.25, 0.3) is 0 Å². The number of aliphatic carboxylic acids is 1. The van der Waals surface area contributed by atoms with E-state index >= 15 is 0 Å². The van der Waals surface area contributed by atoms with Crippen molar-refractivity contribution in [3.63, 3.8) is 0 Å². The minimum atomic E-state index is -0.907. The van der Waals surface area contributed by atoms with E-state index in [4.69, 9.17) is 14.6 Å². The molecular weight excluding hydrogens is 239 g/mol. The number of carboxylic acid groups (broad SMARTS) is 1. The molecule has 1 aromatic carbocycles. The molecule has 0 spiro atoms. The van der Waals surface area contributed by atoms with E-state index in [1.807, 2.05) is 0 Å². The maximum Gasteiger partial charge on any atom is 0.309 e. The summed E-state index contributed by atoms with van der Waals surface area (Å²) in [4.78, 5) is 11.1. The molecule has 0 saturated carbocycles. The van der Waals surface area contributed by atoms with Crippen molar-refractivity contribution in [1.82, 2.24) is 0 Å². The Labute approximate surface area is 104 Å². The summed E-state index contributed by atoms with van der Waals surface area (Å²) >= 11 is 0. The SMILES string of the molecule is COc1ccc(C2OCCCC2C(=O)O)cc1F. The van der Waals surface area contributed by atoms with Crippen molar-refractivity contribution in [3.05, 3.63) is 29.6 Å². The third-order valence-electron chi connectivity index (χ3n) is 3.14. The number of rotatable bonds is 3. The van der Waals surface area contributed by atoms with Crippen LogP contribution in [0.1, 0.15) is 24.5 Å². The number of halogens is 1. The van der Waals surface area contributed by atoms with Crippen LogP contribution in [-0.4, -0.2) is 24.8 Å². The molecule has 0 aliphatic carbocycles. The molecule has 5 heteroatoms. The number of carbonyl (C=O) groups is 1. The summed E-state index contributed by atoms with van der Waals surface area (Å²) in [5, 5.41) is 9.14. The number of benzene rings is 1. The summed E-state index contributed by atoms with van der Waals surface area (Å²) in [6.45, 7) is 0.502. The van der Waals surface area contributed by atoms with Crippen LogP contribution >= 0.6 is 0 Å². The Bertz CT molecular complexity index is 447. The lowest BCUT2D eigenvalue weighted by molar-refractivity contribution is -0.151. The van der Waals surface area contributed by atoms with Crippen LogP contribution in [0.2, 0.25) is 0 Å². The molecule has 4 nitrogen and oxygen atoms in total. The van der Waals surface area contributed by atoms with Crippen LogP contribution in [0.25, 0.3) is 0 Å². The Morgan fingerprint density at radius 1 is 1.56 bits per heavy atom. The van der Waals surface area contributed by atoms with E-state index in [1.165, 1.54) is 19.2 Å². The molecule has 1 aromatic rings. The number of methoxy groups -OCH3 is 1. The molecule has 98 valence electrons. The summed E-state index contributed by atoms with van der Waals surface area (Å²) in [5.41, 5.74) is 0.542. The van der Waals surface area contributed by atoms with Crippen molar-refractivity contribution in [2.75, 3.05) is 13.7 Å². The van der Waals surface area contributed by atoms with Crippen molar-refractivity contribution in [1.29, 1.82) is 0 Å². The van der Waals surface area contributed by atoms with Gasteiger partial charge in [-0.05, 0) is 30.5 Å². The highest BCUT2D eigenvalue weighted by Gasteiger charge is 2.33. The third-order valence-corrected chi connectivity index (χ3v) is 3.14. The molecule has 1 heterocycles. The molecule has 1 saturated heterocycles. The Hall–Kier alpha value is -1.62. The zero-order valence-electron chi connectivity index (χ0n) is 10.1. The monoisotopic (exact) mass is 254 g/mol. The molecule has 1 N–H and O–H groups in total. The molecular formula is C13H15FO4. The fourth-order valence-corrected chi connectivity index (χ4v) is 2.22. The average Bonchev–Trinajstić information content (AvgIpc) is 2.38. The zero-order valence-corrected chi connectivity index (χ0v) is 10.1. The first kappa shape index (κ1) is 12.8. The summed E-state index contributed by atoms with van der Waals surface area (Å²) in [6, 6.07) is 4.42. The van der Waals surface area contributed by atoms with Crippen LogP contribution in [0.15, 0.2) is 18.2 Å². The van der Waals surface area contributed by atoms with Crippen LogP contribution in [0.3, 0.4) is 0 Å². The molecule has 2 atom stereocenters. The largest absolute Gasteiger partial charge is 0.494 e. The van der Waals surface area contributed by atoms with Gasteiger partial charge in [-0.3, -0.25) is 4.79 Å². The van der Waals surface area contributed by atoms with Crippen LogP contribution in [0, 0.1) is 11.7 Å². The van der Waals surface area contributed by atoms with Gasteiger partial charge in [0.05, 0.1) is 19.1 Å². The average molecular weight is 254 g/mol. The fourth-order valence-electron chi connectivity index (χ4n) is 2.22. The van der Waals surface area contributed by atoms with E-state index in [-0.39, 0.29) is 5.75 Å². The van der Waals surface area contributed by atoms with Crippen molar-refractivity contribution in [2.45, 2.75) is 18.9 Å². The molecule has 0 aromatic heterocycles. The van der Waals surface area contributed by atoms with E-state index in [0.717, 1.165) is 0 Å². The second-order valence-corrected chi connectivity index (χ2v) is 4.27. The molecule has 1 aliphatic heterocycles. The first-order valence-electron chi connectivity index (χ1n) is 5.81. The second kappa shape index (κ2) is 5.35. The highest BCUT2D eigenvalue weighted by molar-refractivity contribution is 5.71. The van der Waals surface area contributed by atoms with Crippen LogP contribution in [-0.2, 0) is 9.53 Å². The lowest BCUT2D eigenvalue weighted by Gasteiger charge is -2.29. The van der Waals surface area contributed by atoms with Crippen LogP contribution in [0.4, 0.5) is 4.39 Å². The van der Waals surface area contributed by atoms with Crippen molar-refractivity contribution in [3.8, 4) is 5.75 Å². The second-order valence-electron chi connectivity index (χ2n) is 4.27. The van der Waals surface area contributed by atoms with Crippen molar-refractivity contribution >= 4 is 5.97 Å². The predicted octanol–water partition coefficient (Wildman–Crippen LogP) is 2.39. The van der Waals surface area contributed by atoms with Crippen molar-refractivity contribution < 1.29 is 23.8 Å². The number of hydrogen-bond donors (Lipinski definition) is 1. The van der Waals surface area contributed by atoms with Gasteiger partial charge in [0.2, 0.25) is 0 Å². The Morgan fingerprint density at radius 2 is 2.33 bits per heavy atom. The minimum absolute atomic E-state index is 0.140. The molecule has 2 unspecified atom stereocenters. The van der Waals surface area contributed by atoms with E-state index in [0.29, 0.717) is 25.0 Å². The molecule has 0 amide bonds. The first-order chi connectivity index (χ1) is 8.63.